The Balaban J connectivity index is 2.10. The first-order valence-electron chi connectivity index (χ1n) is 6.22. The van der Waals surface area contributed by atoms with Crippen molar-refractivity contribution in [3.05, 3.63) is 64.2 Å². The molecule has 2 rings (SSSR count). The largest absolute Gasteiger partial charge is 0.489 e. The minimum Gasteiger partial charge on any atom is -0.489 e. The van der Waals surface area contributed by atoms with Crippen molar-refractivity contribution in [1.29, 1.82) is 0 Å². The molecule has 2 nitrogen and oxygen atoms in total. The zero-order chi connectivity index (χ0) is 13.8. The molecule has 100 valence electrons. The number of hydrogen-bond donors (Lipinski definition) is 1. The Morgan fingerprint density at radius 3 is 2.58 bits per heavy atom. The molecule has 19 heavy (non-hydrogen) atoms. The van der Waals surface area contributed by atoms with Crippen LogP contribution >= 0.6 is 11.6 Å². The van der Waals surface area contributed by atoms with E-state index in [-0.39, 0.29) is 0 Å². The van der Waals surface area contributed by atoms with Crippen LogP contribution in [0.5, 0.6) is 5.75 Å². The molecule has 0 bridgehead atoms. The van der Waals surface area contributed by atoms with Gasteiger partial charge in [-0.05, 0) is 43.2 Å². The molecule has 0 saturated carbocycles. The maximum absolute atomic E-state index is 9.53. The van der Waals surface area contributed by atoms with E-state index in [4.69, 9.17) is 16.3 Å². The second-order valence-electron chi connectivity index (χ2n) is 4.58. The number of hydrogen-bond acceptors (Lipinski definition) is 2. The second kappa shape index (κ2) is 6.09. The van der Waals surface area contributed by atoms with E-state index in [1.807, 2.05) is 49.4 Å². The highest BCUT2D eigenvalue weighted by atomic mass is 35.5. The quantitative estimate of drug-likeness (QED) is 0.903. The van der Waals surface area contributed by atoms with Crippen LogP contribution in [0, 0.1) is 6.92 Å². The molecule has 1 unspecified atom stereocenters. The molecule has 0 aliphatic carbocycles. The fourth-order valence-corrected chi connectivity index (χ4v) is 2.06. The molecule has 0 heterocycles. The Bertz CT molecular complexity index is 564. The standard InChI is InChI=1S/C16H17ClO2/c1-11-9-13(12(2)18)7-8-16(11)19-10-14-5-3-4-6-15(14)17/h3-9,12,18H,10H2,1-2H3. The van der Waals surface area contributed by atoms with Crippen molar-refractivity contribution in [3.8, 4) is 5.75 Å². The molecule has 2 aromatic carbocycles. The SMILES string of the molecule is Cc1cc(C(C)O)ccc1OCc1ccccc1Cl. The van der Waals surface area contributed by atoms with Gasteiger partial charge < -0.3 is 9.84 Å². The number of aliphatic hydroxyl groups is 1. The molecule has 1 N–H and O–H groups in total. The third kappa shape index (κ3) is 3.49. The summed E-state index contributed by atoms with van der Waals surface area (Å²) in [6.45, 7) is 4.15. The van der Waals surface area contributed by atoms with Crippen molar-refractivity contribution in [1.82, 2.24) is 0 Å². The number of halogens is 1. The molecule has 0 amide bonds. The lowest BCUT2D eigenvalue weighted by Crippen LogP contribution is -1.99. The smallest absolute Gasteiger partial charge is 0.122 e. The van der Waals surface area contributed by atoms with Gasteiger partial charge in [-0.25, -0.2) is 0 Å². The van der Waals surface area contributed by atoms with Crippen molar-refractivity contribution < 1.29 is 9.84 Å². The number of aliphatic hydroxyl groups excluding tert-OH is 1. The molecule has 0 aliphatic rings. The molecule has 0 fully saturated rings. The molecular formula is C16H17ClO2. The molecule has 0 spiro atoms. The summed E-state index contributed by atoms with van der Waals surface area (Å²) in [5.41, 5.74) is 2.86. The number of ether oxygens (including phenoxy) is 1. The molecule has 0 saturated heterocycles. The van der Waals surface area contributed by atoms with Crippen molar-refractivity contribution in [2.24, 2.45) is 0 Å². The summed E-state index contributed by atoms with van der Waals surface area (Å²) in [6, 6.07) is 13.3. The van der Waals surface area contributed by atoms with Crippen LogP contribution in [0.1, 0.15) is 29.7 Å². The zero-order valence-corrected chi connectivity index (χ0v) is 11.8. The first-order valence-corrected chi connectivity index (χ1v) is 6.60. The molecule has 0 radical (unpaired) electrons. The van der Waals surface area contributed by atoms with Gasteiger partial charge >= 0.3 is 0 Å². The van der Waals surface area contributed by atoms with Gasteiger partial charge in [0.1, 0.15) is 12.4 Å². The van der Waals surface area contributed by atoms with E-state index in [2.05, 4.69) is 0 Å². The van der Waals surface area contributed by atoms with E-state index in [1.165, 1.54) is 0 Å². The molecule has 3 heteroatoms. The average molecular weight is 277 g/mol. The van der Waals surface area contributed by atoms with Gasteiger partial charge in [0.25, 0.3) is 0 Å². The van der Waals surface area contributed by atoms with Crippen LogP contribution < -0.4 is 4.74 Å². The predicted molar refractivity (Wildman–Crippen MR) is 77.6 cm³/mol. The van der Waals surface area contributed by atoms with Crippen LogP contribution in [0.3, 0.4) is 0 Å². The predicted octanol–water partition coefficient (Wildman–Crippen LogP) is 4.28. The van der Waals surface area contributed by atoms with Crippen molar-refractivity contribution in [3.63, 3.8) is 0 Å². The summed E-state index contributed by atoms with van der Waals surface area (Å²) in [4.78, 5) is 0. The number of aryl methyl sites for hydroxylation is 1. The van der Waals surface area contributed by atoms with Gasteiger partial charge in [-0.1, -0.05) is 35.9 Å². The van der Waals surface area contributed by atoms with E-state index in [0.29, 0.717) is 11.6 Å². The first-order chi connectivity index (χ1) is 9.08. The minimum absolute atomic E-state index is 0.439. The lowest BCUT2D eigenvalue weighted by molar-refractivity contribution is 0.199. The molecule has 2 aromatic rings. The lowest BCUT2D eigenvalue weighted by atomic mass is 10.1. The summed E-state index contributed by atoms with van der Waals surface area (Å²) >= 11 is 6.08. The van der Waals surface area contributed by atoms with Gasteiger partial charge in [0.05, 0.1) is 6.10 Å². The highest BCUT2D eigenvalue weighted by Gasteiger charge is 2.06. The zero-order valence-electron chi connectivity index (χ0n) is 11.1. The molecular weight excluding hydrogens is 260 g/mol. The van der Waals surface area contributed by atoms with Crippen LogP contribution in [-0.2, 0) is 6.61 Å². The van der Waals surface area contributed by atoms with Gasteiger partial charge in [0, 0.05) is 10.6 Å². The number of rotatable bonds is 4. The van der Waals surface area contributed by atoms with E-state index in [9.17, 15) is 5.11 Å². The third-order valence-electron chi connectivity index (χ3n) is 3.02. The maximum Gasteiger partial charge on any atom is 0.122 e. The molecule has 0 aromatic heterocycles. The highest BCUT2D eigenvalue weighted by molar-refractivity contribution is 6.31. The Labute approximate surface area is 118 Å². The third-order valence-corrected chi connectivity index (χ3v) is 3.39. The summed E-state index contributed by atoms with van der Waals surface area (Å²) in [5.74, 6) is 0.810. The average Bonchev–Trinajstić information content (AvgIpc) is 2.39. The van der Waals surface area contributed by atoms with Crippen molar-refractivity contribution in [2.75, 3.05) is 0 Å². The molecule has 1 atom stereocenters. The van der Waals surface area contributed by atoms with Crippen molar-refractivity contribution >= 4 is 11.6 Å². The summed E-state index contributed by atoms with van der Waals surface area (Å²) in [7, 11) is 0. The Kier molecular flexibility index (Phi) is 4.46. The van der Waals surface area contributed by atoms with E-state index in [1.54, 1.807) is 6.92 Å². The van der Waals surface area contributed by atoms with Crippen LogP contribution in [0.15, 0.2) is 42.5 Å². The molecule has 0 aliphatic heterocycles. The van der Waals surface area contributed by atoms with Gasteiger partial charge in [-0.3, -0.25) is 0 Å². The Hall–Kier alpha value is -1.51. The summed E-state index contributed by atoms with van der Waals surface area (Å²) in [5, 5.41) is 10.2. The highest BCUT2D eigenvalue weighted by Crippen LogP contribution is 2.24. The fourth-order valence-electron chi connectivity index (χ4n) is 1.87. The summed E-state index contributed by atoms with van der Waals surface area (Å²) < 4.78 is 5.77. The fraction of sp³-hybridized carbons (Fsp3) is 0.250. The maximum atomic E-state index is 9.53. The first kappa shape index (κ1) is 13.9. The summed E-state index contributed by atoms with van der Waals surface area (Å²) in [6.07, 6.45) is -0.462. The van der Waals surface area contributed by atoms with Gasteiger partial charge in [0.2, 0.25) is 0 Å². The van der Waals surface area contributed by atoms with Crippen LogP contribution in [-0.4, -0.2) is 5.11 Å². The minimum atomic E-state index is -0.462. The normalized spacial score (nSPS) is 12.2. The van der Waals surface area contributed by atoms with E-state index in [0.717, 1.165) is 22.4 Å². The number of benzene rings is 2. The van der Waals surface area contributed by atoms with Gasteiger partial charge in [-0.2, -0.15) is 0 Å². The van der Waals surface area contributed by atoms with Crippen LogP contribution in [0.4, 0.5) is 0 Å². The Morgan fingerprint density at radius 2 is 1.95 bits per heavy atom. The van der Waals surface area contributed by atoms with Gasteiger partial charge in [-0.15, -0.1) is 0 Å². The Morgan fingerprint density at radius 1 is 1.21 bits per heavy atom. The lowest BCUT2D eigenvalue weighted by Gasteiger charge is -2.12. The van der Waals surface area contributed by atoms with Crippen molar-refractivity contribution in [2.45, 2.75) is 26.6 Å². The van der Waals surface area contributed by atoms with E-state index < -0.39 is 6.10 Å². The second-order valence-corrected chi connectivity index (χ2v) is 4.99. The van der Waals surface area contributed by atoms with Gasteiger partial charge in [0.15, 0.2) is 0 Å². The van der Waals surface area contributed by atoms with Crippen LogP contribution in [0.2, 0.25) is 5.02 Å². The monoisotopic (exact) mass is 276 g/mol. The van der Waals surface area contributed by atoms with E-state index >= 15 is 0 Å². The topological polar surface area (TPSA) is 29.5 Å². The van der Waals surface area contributed by atoms with Crippen LogP contribution in [0.25, 0.3) is 0 Å².